The molecule has 2 unspecified atom stereocenters. The fourth-order valence-electron chi connectivity index (χ4n) is 5.09. The van der Waals surface area contributed by atoms with E-state index in [0.717, 1.165) is 31.2 Å². The molecule has 0 fully saturated rings. The minimum absolute atomic E-state index is 0.0903. The maximum absolute atomic E-state index is 14.2. The van der Waals surface area contributed by atoms with Crippen molar-refractivity contribution in [1.82, 2.24) is 14.5 Å². The molecule has 6 nitrogen and oxygen atoms in total. The Balaban J connectivity index is 1.92. The summed E-state index contributed by atoms with van der Waals surface area (Å²) in [5.41, 5.74) is 2.08. The second kappa shape index (κ2) is 13.2. The van der Waals surface area contributed by atoms with Crippen LogP contribution in [0, 0.1) is 5.92 Å². The first-order valence-corrected chi connectivity index (χ1v) is 14.1. The predicted octanol–water partition coefficient (Wildman–Crippen LogP) is 7.09. The molecule has 4 rings (SSSR count). The molecule has 0 spiro atoms. The SMILES string of the molecule is CCCCC(CC)C(=O)N(Cc1ccccc1)C(C)c1nc2ccccc2c(=O)n1-c1ccccc1OCC. The molecule has 0 saturated heterocycles. The molecule has 204 valence electrons. The average Bonchev–Trinajstić information content (AvgIpc) is 2.97. The van der Waals surface area contributed by atoms with Gasteiger partial charge in [0, 0.05) is 12.5 Å². The van der Waals surface area contributed by atoms with Crippen molar-refractivity contribution in [2.24, 2.45) is 5.92 Å². The topological polar surface area (TPSA) is 64.4 Å². The van der Waals surface area contributed by atoms with Crippen molar-refractivity contribution in [3.8, 4) is 11.4 Å². The number of nitrogens with zero attached hydrogens (tertiary/aromatic N) is 3. The van der Waals surface area contributed by atoms with E-state index >= 15 is 0 Å². The molecule has 1 heterocycles. The van der Waals surface area contributed by atoms with Crippen molar-refractivity contribution < 1.29 is 9.53 Å². The van der Waals surface area contributed by atoms with Crippen molar-refractivity contribution >= 4 is 16.8 Å². The van der Waals surface area contributed by atoms with Crippen LogP contribution < -0.4 is 10.3 Å². The van der Waals surface area contributed by atoms with Gasteiger partial charge in [0.05, 0.1) is 29.2 Å². The zero-order valence-electron chi connectivity index (χ0n) is 23.5. The van der Waals surface area contributed by atoms with Gasteiger partial charge in [0.15, 0.2) is 0 Å². The maximum atomic E-state index is 14.2. The van der Waals surface area contributed by atoms with Crippen molar-refractivity contribution in [2.45, 2.75) is 66.0 Å². The number of hydrogen-bond acceptors (Lipinski definition) is 4. The number of carbonyl (C=O) groups is 1. The van der Waals surface area contributed by atoms with Crippen LogP contribution in [-0.2, 0) is 11.3 Å². The number of benzene rings is 3. The largest absolute Gasteiger partial charge is 0.492 e. The second-order valence-corrected chi connectivity index (χ2v) is 9.90. The summed E-state index contributed by atoms with van der Waals surface area (Å²) >= 11 is 0. The number of hydrogen-bond donors (Lipinski definition) is 0. The molecular formula is C33H39N3O3. The van der Waals surface area contributed by atoms with Crippen LogP contribution in [-0.4, -0.2) is 27.0 Å². The van der Waals surface area contributed by atoms with E-state index in [9.17, 15) is 9.59 Å². The van der Waals surface area contributed by atoms with E-state index < -0.39 is 6.04 Å². The van der Waals surface area contributed by atoms with Crippen LogP contribution in [0.1, 0.15) is 70.8 Å². The fourth-order valence-corrected chi connectivity index (χ4v) is 5.09. The van der Waals surface area contributed by atoms with Crippen molar-refractivity contribution in [2.75, 3.05) is 6.61 Å². The highest BCUT2D eigenvalue weighted by molar-refractivity contribution is 5.80. The monoisotopic (exact) mass is 525 g/mol. The van der Waals surface area contributed by atoms with Gasteiger partial charge < -0.3 is 9.64 Å². The number of carbonyl (C=O) groups excluding carboxylic acids is 1. The van der Waals surface area contributed by atoms with Crippen LogP contribution in [0.25, 0.3) is 16.6 Å². The molecule has 6 heteroatoms. The van der Waals surface area contributed by atoms with Crippen LogP contribution in [0.4, 0.5) is 0 Å². The molecule has 1 amide bonds. The van der Waals surface area contributed by atoms with Crippen molar-refractivity contribution in [3.05, 3.63) is 101 Å². The highest BCUT2D eigenvalue weighted by Gasteiger charge is 2.31. The Kier molecular flexibility index (Phi) is 9.53. The lowest BCUT2D eigenvalue weighted by atomic mass is 9.96. The van der Waals surface area contributed by atoms with Gasteiger partial charge in [0.2, 0.25) is 5.91 Å². The smallest absolute Gasteiger partial charge is 0.266 e. The number of para-hydroxylation sites is 3. The summed E-state index contributed by atoms with van der Waals surface area (Å²) < 4.78 is 7.56. The Labute approximate surface area is 231 Å². The van der Waals surface area contributed by atoms with E-state index in [-0.39, 0.29) is 17.4 Å². The quantitative estimate of drug-likeness (QED) is 0.198. The molecule has 0 saturated carbocycles. The summed E-state index contributed by atoms with van der Waals surface area (Å²) in [4.78, 5) is 35.1. The molecule has 0 aliphatic heterocycles. The highest BCUT2D eigenvalue weighted by Crippen LogP contribution is 2.30. The molecule has 4 aromatic rings. The first kappa shape index (κ1) is 28.1. The summed E-state index contributed by atoms with van der Waals surface area (Å²) in [6.07, 6.45) is 3.65. The molecule has 0 radical (unpaired) electrons. The molecule has 0 aliphatic carbocycles. The van der Waals surface area contributed by atoms with E-state index in [1.165, 1.54) is 0 Å². The minimum Gasteiger partial charge on any atom is -0.492 e. The van der Waals surface area contributed by atoms with Gasteiger partial charge in [-0.1, -0.05) is 81.3 Å². The predicted molar refractivity (Wildman–Crippen MR) is 157 cm³/mol. The van der Waals surface area contributed by atoms with Gasteiger partial charge in [0.1, 0.15) is 11.6 Å². The fraction of sp³-hybridized carbons (Fsp3) is 0.364. The van der Waals surface area contributed by atoms with E-state index in [0.29, 0.717) is 41.3 Å². The first-order valence-electron chi connectivity index (χ1n) is 14.1. The van der Waals surface area contributed by atoms with Crippen LogP contribution in [0.2, 0.25) is 0 Å². The first-order chi connectivity index (χ1) is 19.0. The summed E-state index contributed by atoms with van der Waals surface area (Å²) in [6, 6.07) is 24.4. The second-order valence-electron chi connectivity index (χ2n) is 9.90. The Bertz CT molecular complexity index is 1450. The standard InChI is InChI=1S/C33H39N3O3/c1-5-8-18-26(6-2)32(37)35(23-25-16-10-9-11-17-25)24(4)31-34-28-20-13-12-19-27(28)33(38)36(31)29-21-14-15-22-30(29)39-7-3/h9-17,19-22,24,26H,5-8,18,23H2,1-4H3. The number of rotatable bonds is 12. The van der Waals surface area contributed by atoms with Gasteiger partial charge in [-0.15, -0.1) is 0 Å². The minimum atomic E-state index is -0.472. The van der Waals surface area contributed by atoms with Gasteiger partial charge in [-0.3, -0.25) is 14.2 Å². The Morgan fingerprint density at radius 1 is 0.949 bits per heavy atom. The number of unbranched alkanes of at least 4 members (excludes halogenated alkanes) is 1. The zero-order valence-corrected chi connectivity index (χ0v) is 23.5. The lowest BCUT2D eigenvalue weighted by Crippen LogP contribution is -2.40. The average molecular weight is 526 g/mol. The van der Waals surface area contributed by atoms with Crippen LogP contribution in [0.5, 0.6) is 5.75 Å². The molecule has 0 aliphatic rings. The summed E-state index contributed by atoms with van der Waals surface area (Å²) in [5.74, 6) is 1.12. The third-order valence-electron chi connectivity index (χ3n) is 7.28. The Hall–Kier alpha value is -3.93. The summed E-state index contributed by atoms with van der Waals surface area (Å²) in [6.45, 7) is 9.01. The van der Waals surface area contributed by atoms with E-state index in [1.807, 2.05) is 91.5 Å². The van der Waals surface area contributed by atoms with Gasteiger partial charge in [-0.25, -0.2) is 4.98 Å². The number of aromatic nitrogens is 2. The molecule has 1 aromatic heterocycles. The summed E-state index contributed by atoms with van der Waals surface area (Å²) in [5, 5.41) is 0.523. The Morgan fingerprint density at radius 2 is 1.64 bits per heavy atom. The normalized spacial score (nSPS) is 12.7. The van der Waals surface area contributed by atoms with Gasteiger partial charge in [-0.05, 0) is 56.5 Å². The van der Waals surface area contributed by atoms with Crippen LogP contribution in [0.3, 0.4) is 0 Å². The Morgan fingerprint density at radius 3 is 2.36 bits per heavy atom. The van der Waals surface area contributed by atoms with Crippen LogP contribution in [0.15, 0.2) is 83.7 Å². The number of ether oxygens (including phenoxy) is 1. The number of fused-ring (bicyclic) bond motifs is 1. The van der Waals surface area contributed by atoms with Crippen molar-refractivity contribution in [3.63, 3.8) is 0 Å². The lowest BCUT2D eigenvalue weighted by Gasteiger charge is -2.33. The van der Waals surface area contributed by atoms with Gasteiger partial charge in [0.25, 0.3) is 5.56 Å². The molecule has 0 bridgehead atoms. The maximum Gasteiger partial charge on any atom is 0.266 e. The third kappa shape index (κ3) is 6.22. The highest BCUT2D eigenvalue weighted by atomic mass is 16.5. The van der Waals surface area contributed by atoms with Crippen molar-refractivity contribution in [1.29, 1.82) is 0 Å². The molecule has 0 N–H and O–H groups in total. The molecule has 39 heavy (non-hydrogen) atoms. The summed E-state index contributed by atoms with van der Waals surface area (Å²) in [7, 11) is 0. The van der Waals surface area contributed by atoms with E-state index in [1.54, 1.807) is 10.6 Å². The number of amides is 1. The van der Waals surface area contributed by atoms with Gasteiger partial charge in [-0.2, -0.15) is 0 Å². The molecule has 2 atom stereocenters. The molecular weight excluding hydrogens is 486 g/mol. The zero-order chi connectivity index (χ0) is 27.8. The van der Waals surface area contributed by atoms with E-state index in [4.69, 9.17) is 9.72 Å². The van der Waals surface area contributed by atoms with E-state index in [2.05, 4.69) is 13.8 Å². The lowest BCUT2D eigenvalue weighted by molar-refractivity contribution is -0.139. The molecule has 3 aromatic carbocycles. The van der Waals surface area contributed by atoms with Gasteiger partial charge >= 0.3 is 0 Å². The van der Waals surface area contributed by atoms with Crippen LogP contribution >= 0.6 is 0 Å². The third-order valence-corrected chi connectivity index (χ3v) is 7.28.